The second-order valence-corrected chi connectivity index (χ2v) is 6.58. The molecule has 1 aliphatic rings. The summed E-state index contributed by atoms with van der Waals surface area (Å²) in [5.74, 6) is 0.911. The van der Waals surface area contributed by atoms with Gasteiger partial charge in [0.1, 0.15) is 6.33 Å². The van der Waals surface area contributed by atoms with E-state index in [0.29, 0.717) is 6.04 Å². The summed E-state index contributed by atoms with van der Waals surface area (Å²) in [6.45, 7) is 10.2. The van der Waals surface area contributed by atoms with Crippen LogP contribution in [0.15, 0.2) is 18.7 Å². The van der Waals surface area contributed by atoms with Crippen LogP contribution in [0.3, 0.4) is 0 Å². The van der Waals surface area contributed by atoms with Gasteiger partial charge in [-0.25, -0.2) is 4.98 Å². The van der Waals surface area contributed by atoms with Crippen molar-refractivity contribution in [2.45, 2.75) is 32.4 Å². The number of hydrogen-bond acceptors (Lipinski definition) is 6. The topological polar surface area (TPSA) is 75.6 Å². The van der Waals surface area contributed by atoms with Crippen LogP contribution in [0.25, 0.3) is 5.65 Å². The number of rotatable bonds is 3. The molecule has 0 aliphatic carbocycles. The Morgan fingerprint density at radius 1 is 1.36 bits per heavy atom. The standard InChI is InChI=1S/C14H23N7.ClH/c1-11-8-19(9-14(2,3)15)6-7-21(11)12-13-18-17-10-20(13)5-4-16-12;/h4-5,10-11H,6-9,15H2,1-3H3;1H. The molecule has 1 fully saturated rings. The Labute approximate surface area is 136 Å². The molecule has 2 N–H and O–H groups in total. The molecule has 122 valence electrons. The molecule has 3 rings (SSSR count). The smallest absolute Gasteiger partial charge is 0.203 e. The Morgan fingerprint density at radius 3 is 2.82 bits per heavy atom. The maximum Gasteiger partial charge on any atom is 0.203 e. The van der Waals surface area contributed by atoms with Gasteiger partial charge in [0, 0.05) is 50.2 Å². The van der Waals surface area contributed by atoms with Gasteiger partial charge in [-0.1, -0.05) is 0 Å². The fraction of sp³-hybridized carbons (Fsp3) is 0.643. The molecule has 0 radical (unpaired) electrons. The second kappa shape index (κ2) is 6.36. The van der Waals surface area contributed by atoms with E-state index >= 15 is 0 Å². The summed E-state index contributed by atoms with van der Waals surface area (Å²) >= 11 is 0. The summed E-state index contributed by atoms with van der Waals surface area (Å²) in [5.41, 5.74) is 6.79. The highest BCUT2D eigenvalue weighted by atomic mass is 35.5. The lowest BCUT2D eigenvalue weighted by Gasteiger charge is -2.42. The van der Waals surface area contributed by atoms with Gasteiger partial charge in [0.25, 0.3) is 0 Å². The number of nitrogens with two attached hydrogens (primary N) is 1. The Kier molecular flexibility index (Phi) is 4.89. The predicted molar refractivity (Wildman–Crippen MR) is 89.5 cm³/mol. The van der Waals surface area contributed by atoms with Crippen LogP contribution in [0.4, 0.5) is 5.82 Å². The van der Waals surface area contributed by atoms with Crippen LogP contribution in [-0.4, -0.2) is 62.2 Å². The van der Waals surface area contributed by atoms with Crippen LogP contribution in [0.2, 0.25) is 0 Å². The van der Waals surface area contributed by atoms with Crippen LogP contribution in [0.5, 0.6) is 0 Å². The molecular weight excluding hydrogens is 302 g/mol. The van der Waals surface area contributed by atoms with Gasteiger partial charge in [-0.15, -0.1) is 22.6 Å². The van der Waals surface area contributed by atoms with Gasteiger partial charge >= 0.3 is 0 Å². The van der Waals surface area contributed by atoms with Crippen molar-refractivity contribution in [3.63, 3.8) is 0 Å². The first-order valence-corrected chi connectivity index (χ1v) is 7.36. The molecule has 3 heterocycles. The molecule has 1 saturated heterocycles. The Balaban J connectivity index is 0.00000176. The van der Waals surface area contributed by atoms with E-state index in [0.717, 1.165) is 37.6 Å². The van der Waals surface area contributed by atoms with Gasteiger partial charge in [0.15, 0.2) is 5.82 Å². The zero-order chi connectivity index (χ0) is 15.0. The van der Waals surface area contributed by atoms with Crippen molar-refractivity contribution in [2.75, 3.05) is 31.1 Å². The van der Waals surface area contributed by atoms with E-state index < -0.39 is 0 Å². The number of anilines is 1. The van der Waals surface area contributed by atoms with Crippen molar-refractivity contribution in [1.82, 2.24) is 24.5 Å². The molecule has 1 aliphatic heterocycles. The average Bonchev–Trinajstić information content (AvgIpc) is 2.85. The van der Waals surface area contributed by atoms with E-state index in [9.17, 15) is 0 Å². The maximum atomic E-state index is 6.13. The van der Waals surface area contributed by atoms with Gasteiger partial charge < -0.3 is 10.6 Å². The molecule has 22 heavy (non-hydrogen) atoms. The zero-order valence-electron chi connectivity index (χ0n) is 13.3. The number of hydrogen-bond donors (Lipinski definition) is 1. The molecule has 7 nitrogen and oxygen atoms in total. The molecule has 2 aromatic rings. The van der Waals surface area contributed by atoms with E-state index in [1.165, 1.54) is 0 Å². The normalized spacial score (nSPS) is 20.2. The maximum absolute atomic E-state index is 6.13. The van der Waals surface area contributed by atoms with E-state index in [4.69, 9.17) is 5.73 Å². The second-order valence-electron chi connectivity index (χ2n) is 6.58. The summed E-state index contributed by atoms with van der Waals surface area (Å²) in [4.78, 5) is 9.24. The molecule has 0 bridgehead atoms. The lowest BCUT2D eigenvalue weighted by molar-refractivity contribution is 0.192. The molecule has 0 saturated carbocycles. The fourth-order valence-electron chi connectivity index (χ4n) is 3.02. The van der Waals surface area contributed by atoms with Crippen LogP contribution in [-0.2, 0) is 0 Å². The molecule has 1 unspecified atom stereocenters. The first-order valence-electron chi connectivity index (χ1n) is 7.36. The minimum absolute atomic E-state index is 0. The highest BCUT2D eigenvalue weighted by molar-refractivity contribution is 5.85. The zero-order valence-corrected chi connectivity index (χ0v) is 14.1. The van der Waals surface area contributed by atoms with Crippen LogP contribution >= 0.6 is 12.4 Å². The van der Waals surface area contributed by atoms with Crippen LogP contribution in [0.1, 0.15) is 20.8 Å². The van der Waals surface area contributed by atoms with E-state index in [1.54, 1.807) is 12.5 Å². The Bertz CT molecular complexity index is 621. The molecule has 8 heteroatoms. The fourth-order valence-corrected chi connectivity index (χ4v) is 3.02. The molecule has 2 aromatic heterocycles. The van der Waals surface area contributed by atoms with Crippen molar-refractivity contribution in [1.29, 1.82) is 0 Å². The number of aromatic nitrogens is 4. The SMILES string of the molecule is CC1CN(CC(C)(C)N)CCN1c1nccn2cnnc12.Cl. The monoisotopic (exact) mass is 325 g/mol. The van der Waals surface area contributed by atoms with Gasteiger partial charge in [0.2, 0.25) is 5.65 Å². The van der Waals surface area contributed by atoms with Gasteiger partial charge in [0.05, 0.1) is 0 Å². The third kappa shape index (κ3) is 3.48. The van der Waals surface area contributed by atoms with Crippen molar-refractivity contribution < 1.29 is 0 Å². The quantitative estimate of drug-likeness (QED) is 0.899. The largest absolute Gasteiger partial charge is 0.348 e. The summed E-state index contributed by atoms with van der Waals surface area (Å²) in [5, 5.41) is 8.15. The third-order valence-corrected chi connectivity index (χ3v) is 3.81. The summed E-state index contributed by atoms with van der Waals surface area (Å²) in [7, 11) is 0. The lowest BCUT2D eigenvalue weighted by Crippen LogP contribution is -2.56. The average molecular weight is 326 g/mol. The molecule has 1 atom stereocenters. The number of piperazine rings is 1. The minimum Gasteiger partial charge on any atom is -0.348 e. The number of nitrogens with zero attached hydrogens (tertiary/aromatic N) is 6. The van der Waals surface area contributed by atoms with Crippen LogP contribution in [0, 0.1) is 0 Å². The number of halogens is 1. The first-order chi connectivity index (χ1) is 9.94. The molecule has 0 amide bonds. The van der Waals surface area contributed by atoms with Crippen molar-refractivity contribution >= 4 is 23.9 Å². The van der Waals surface area contributed by atoms with Gasteiger partial charge in [-0.05, 0) is 20.8 Å². The molecule has 0 aromatic carbocycles. The highest BCUT2D eigenvalue weighted by Gasteiger charge is 2.28. The van der Waals surface area contributed by atoms with Gasteiger partial charge in [-0.2, -0.15) is 0 Å². The van der Waals surface area contributed by atoms with E-state index in [2.05, 4.69) is 45.8 Å². The summed E-state index contributed by atoms with van der Waals surface area (Å²) in [6.07, 6.45) is 5.38. The van der Waals surface area contributed by atoms with E-state index in [1.807, 2.05) is 10.6 Å². The van der Waals surface area contributed by atoms with Crippen molar-refractivity contribution in [3.05, 3.63) is 18.7 Å². The van der Waals surface area contributed by atoms with Gasteiger partial charge in [-0.3, -0.25) is 9.30 Å². The molecular formula is C14H24ClN7. The Morgan fingerprint density at radius 2 is 2.14 bits per heavy atom. The third-order valence-electron chi connectivity index (χ3n) is 3.81. The summed E-state index contributed by atoms with van der Waals surface area (Å²) in [6, 6.07) is 0.372. The van der Waals surface area contributed by atoms with Crippen molar-refractivity contribution in [3.8, 4) is 0 Å². The predicted octanol–water partition coefficient (Wildman–Crippen LogP) is 0.794. The lowest BCUT2D eigenvalue weighted by atomic mass is 10.1. The van der Waals surface area contributed by atoms with E-state index in [-0.39, 0.29) is 17.9 Å². The number of fused-ring (bicyclic) bond motifs is 1. The van der Waals surface area contributed by atoms with Crippen LogP contribution < -0.4 is 10.6 Å². The first kappa shape index (κ1) is 16.9. The minimum atomic E-state index is -0.160. The Hall–Kier alpha value is -1.44. The molecule has 0 spiro atoms. The van der Waals surface area contributed by atoms with Crippen molar-refractivity contribution in [2.24, 2.45) is 5.73 Å². The highest BCUT2D eigenvalue weighted by Crippen LogP contribution is 2.22. The summed E-state index contributed by atoms with van der Waals surface area (Å²) < 4.78 is 1.91.